The van der Waals surface area contributed by atoms with Crippen molar-refractivity contribution in [3.05, 3.63) is 42.0 Å². The SMILES string of the molecule is CCOC(=O)C(OC)C(/C=C/c1ccccc1)OC. The Kier molecular flexibility index (Phi) is 6.85. The van der Waals surface area contributed by atoms with Crippen molar-refractivity contribution >= 4 is 12.0 Å². The smallest absolute Gasteiger partial charge is 0.338 e. The van der Waals surface area contributed by atoms with E-state index in [1.54, 1.807) is 13.0 Å². The van der Waals surface area contributed by atoms with E-state index in [1.807, 2.05) is 36.4 Å². The Labute approximate surface area is 114 Å². The molecule has 1 rings (SSSR count). The maximum atomic E-state index is 11.7. The first-order valence-corrected chi connectivity index (χ1v) is 6.18. The average molecular weight is 264 g/mol. The van der Waals surface area contributed by atoms with Gasteiger partial charge in [-0.25, -0.2) is 4.79 Å². The topological polar surface area (TPSA) is 44.8 Å². The molecule has 0 aromatic heterocycles. The number of hydrogen-bond donors (Lipinski definition) is 0. The van der Waals surface area contributed by atoms with E-state index < -0.39 is 18.2 Å². The second-order valence-electron chi connectivity index (χ2n) is 3.88. The maximum absolute atomic E-state index is 11.7. The Balaban J connectivity index is 2.75. The molecule has 0 amide bonds. The molecule has 1 aromatic carbocycles. The summed E-state index contributed by atoms with van der Waals surface area (Å²) in [6.45, 7) is 2.07. The zero-order chi connectivity index (χ0) is 14.1. The number of ether oxygens (including phenoxy) is 3. The zero-order valence-electron chi connectivity index (χ0n) is 11.5. The third-order valence-corrected chi connectivity index (χ3v) is 2.62. The highest BCUT2D eigenvalue weighted by atomic mass is 16.6. The van der Waals surface area contributed by atoms with Crippen LogP contribution >= 0.6 is 0 Å². The quantitative estimate of drug-likeness (QED) is 0.709. The highest BCUT2D eigenvalue weighted by molar-refractivity contribution is 5.76. The van der Waals surface area contributed by atoms with Gasteiger partial charge in [-0.15, -0.1) is 0 Å². The van der Waals surface area contributed by atoms with Crippen molar-refractivity contribution in [3.63, 3.8) is 0 Å². The molecule has 1 aromatic rings. The first-order valence-electron chi connectivity index (χ1n) is 6.18. The van der Waals surface area contributed by atoms with Crippen molar-refractivity contribution < 1.29 is 19.0 Å². The summed E-state index contributed by atoms with van der Waals surface area (Å²) in [7, 11) is 3.00. The van der Waals surface area contributed by atoms with Crippen LogP contribution in [0.25, 0.3) is 6.08 Å². The summed E-state index contributed by atoms with van der Waals surface area (Å²) in [4.78, 5) is 11.7. The summed E-state index contributed by atoms with van der Waals surface area (Å²) in [5, 5.41) is 0. The summed E-state index contributed by atoms with van der Waals surface area (Å²) < 4.78 is 15.4. The van der Waals surface area contributed by atoms with Crippen LogP contribution in [0, 0.1) is 0 Å². The molecular formula is C15H20O4. The lowest BCUT2D eigenvalue weighted by Crippen LogP contribution is -2.37. The van der Waals surface area contributed by atoms with E-state index in [0.29, 0.717) is 6.61 Å². The van der Waals surface area contributed by atoms with Crippen molar-refractivity contribution in [2.75, 3.05) is 20.8 Å². The predicted molar refractivity (Wildman–Crippen MR) is 73.7 cm³/mol. The first kappa shape index (κ1) is 15.4. The second-order valence-corrected chi connectivity index (χ2v) is 3.88. The van der Waals surface area contributed by atoms with Crippen LogP contribution in [-0.2, 0) is 19.0 Å². The van der Waals surface area contributed by atoms with Crippen LogP contribution < -0.4 is 0 Å². The lowest BCUT2D eigenvalue weighted by Gasteiger charge is -2.20. The van der Waals surface area contributed by atoms with Gasteiger partial charge in [0.1, 0.15) is 6.10 Å². The molecule has 2 atom stereocenters. The van der Waals surface area contributed by atoms with Crippen LogP contribution in [0.15, 0.2) is 36.4 Å². The molecular weight excluding hydrogens is 244 g/mol. The van der Waals surface area contributed by atoms with E-state index in [4.69, 9.17) is 14.2 Å². The summed E-state index contributed by atoms with van der Waals surface area (Å²) in [5.41, 5.74) is 1.03. The number of esters is 1. The summed E-state index contributed by atoms with van der Waals surface area (Å²) >= 11 is 0. The Hall–Kier alpha value is -1.65. The van der Waals surface area contributed by atoms with Gasteiger partial charge in [0.15, 0.2) is 6.10 Å². The van der Waals surface area contributed by atoms with E-state index in [0.717, 1.165) is 5.56 Å². The maximum Gasteiger partial charge on any atom is 0.338 e. The number of carbonyl (C=O) groups excluding carboxylic acids is 1. The highest BCUT2D eigenvalue weighted by Gasteiger charge is 2.27. The van der Waals surface area contributed by atoms with Gasteiger partial charge in [-0.3, -0.25) is 0 Å². The minimum Gasteiger partial charge on any atom is -0.464 e. The van der Waals surface area contributed by atoms with Gasteiger partial charge in [0, 0.05) is 14.2 Å². The summed E-state index contributed by atoms with van der Waals surface area (Å²) in [6.07, 6.45) is 2.44. The van der Waals surface area contributed by atoms with Crippen LogP contribution in [0.4, 0.5) is 0 Å². The van der Waals surface area contributed by atoms with Gasteiger partial charge >= 0.3 is 5.97 Å². The minimum absolute atomic E-state index is 0.317. The lowest BCUT2D eigenvalue weighted by atomic mass is 10.1. The Morgan fingerprint density at radius 1 is 1.21 bits per heavy atom. The summed E-state index contributed by atoms with van der Waals surface area (Å²) in [5.74, 6) is -0.422. The van der Waals surface area contributed by atoms with E-state index in [2.05, 4.69) is 0 Å². The molecule has 104 valence electrons. The van der Waals surface area contributed by atoms with Gasteiger partial charge in [-0.1, -0.05) is 42.5 Å². The molecule has 0 saturated carbocycles. The van der Waals surface area contributed by atoms with Crippen molar-refractivity contribution in [3.8, 4) is 0 Å². The standard InChI is InChI=1S/C15H20O4/c1-4-19-15(16)14(18-3)13(17-2)11-10-12-8-6-5-7-9-12/h5-11,13-14H,4H2,1-3H3/b11-10+. The molecule has 0 aliphatic rings. The van der Waals surface area contributed by atoms with E-state index in [-0.39, 0.29) is 0 Å². The molecule has 0 fully saturated rings. The van der Waals surface area contributed by atoms with Gasteiger partial charge in [-0.2, -0.15) is 0 Å². The van der Waals surface area contributed by atoms with Crippen LogP contribution in [0.3, 0.4) is 0 Å². The van der Waals surface area contributed by atoms with Crippen LogP contribution in [0.5, 0.6) is 0 Å². The molecule has 0 saturated heterocycles. The van der Waals surface area contributed by atoms with Gasteiger partial charge in [0.2, 0.25) is 0 Å². The Morgan fingerprint density at radius 3 is 2.42 bits per heavy atom. The fourth-order valence-electron chi connectivity index (χ4n) is 1.66. The van der Waals surface area contributed by atoms with Crippen LogP contribution in [0.2, 0.25) is 0 Å². The van der Waals surface area contributed by atoms with E-state index in [9.17, 15) is 4.79 Å². The zero-order valence-corrected chi connectivity index (χ0v) is 11.5. The number of rotatable bonds is 7. The fraction of sp³-hybridized carbons (Fsp3) is 0.400. The third-order valence-electron chi connectivity index (χ3n) is 2.62. The molecule has 0 spiro atoms. The summed E-state index contributed by atoms with van der Waals surface area (Å²) in [6, 6.07) is 9.77. The van der Waals surface area contributed by atoms with Crippen molar-refractivity contribution in [2.24, 2.45) is 0 Å². The Morgan fingerprint density at radius 2 is 1.89 bits per heavy atom. The molecule has 0 radical (unpaired) electrons. The van der Waals surface area contributed by atoms with Crippen LogP contribution in [0.1, 0.15) is 12.5 Å². The highest BCUT2D eigenvalue weighted by Crippen LogP contribution is 2.10. The molecule has 2 unspecified atom stereocenters. The normalized spacial score (nSPS) is 14.3. The number of carbonyl (C=O) groups is 1. The van der Waals surface area contributed by atoms with E-state index >= 15 is 0 Å². The molecule has 0 N–H and O–H groups in total. The number of methoxy groups -OCH3 is 2. The predicted octanol–water partition coefficient (Wildman–Crippen LogP) is 2.29. The van der Waals surface area contributed by atoms with Crippen molar-refractivity contribution in [1.82, 2.24) is 0 Å². The molecule has 0 heterocycles. The lowest BCUT2D eigenvalue weighted by molar-refractivity contribution is -0.161. The third kappa shape index (κ3) is 4.85. The number of benzene rings is 1. The van der Waals surface area contributed by atoms with Gasteiger partial charge in [0.25, 0.3) is 0 Å². The number of hydrogen-bond acceptors (Lipinski definition) is 4. The molecule has 0 bridgehead atoms. The van der Waals surface area contributed by atoms with Gasteiger partial charge in [-0.05, 0) is 12.5 Å². The van der Waals surface area contributed by atoms with Crippen LogP contribution in [-0.4, -0.2) is 39.0 Å². The van der Waals surface area contributed by atoms with Gasteiger partial charge < -0.3 is 14.2 Å². The first-order chi connectivity index (χ1) is 9.22. The Bertz CT molecular complexity index is 400. The minimum atomic E-state index is -0.759. The molecule has 4 heteroatoms. The molecule has 19 heavy (non-hydrogen) atoms. The fourth-order valence-corrected chi connectivity index (χ4v) is 1.66. The average Bonchev–Trinajstić information content (AvgIpc) is 2.44. The second kappa shape index (κ2) is 8.45. The van der Waals surface area contributed by atoms with Gasteiger partial charge in [0.05, 0.1) is 6.61 Å². The molecule has 0 aliphatic heterocycles. The van der Waals surface area contributed by atoms with E-state index in [1.165, 1.54) is 14.2 Å². The molecule has 4 nitrogen and oxygen atoms in total. The monoisotopic (exact) mass is 264 g/mol. The van der Waals surface area contributed by atoms with Crippen molar-refractivity contribution in [1.29, 1.82) is 0 Å². The van der Waals surface area contributed by atoms with Crippen molar-refractivity contribution in [2.45, 2.75) is 19.1 Å². The largest absolute Gasteiger partial charge is 0.464 e. The molecule has 0 aliphatic carbocycles.